The van der Waals surface area contributed by atoms with E-state index in [2.05, 4.69) is 5.32 Å². The van der Waals surface area contributed by atoms with E-state index in [-0.39, 0.29) is 23.8 Å². The summed E-state index contributed by atoms with van der Waals surface area (Å²) in [5.41, 5.74) is 5.96. The van der Waals surface area contributed by atoms with Gasteiger partial charge in [0.25, 0.3) is 0 Å². The number of nitrogens with one attached hydrogen (secondary N) is 1. The van der Waals surface area contributed by atoms with E-state index in [1.807, 2.05) is 13.8 Å². The number of ether oxygens (including phenoxy) is 1. The third-order valence-corrected chi connectivity index (χ3v) is 3.58. The first-order chi connectivity index (χ1) is 8.47. The number of carbonyl (C=O) groups is 2. The number of hydrogen-bond donors (Lipinski definition) is 2. The normalized spacial score (nSPS) is 25.6. The van der Waals surface area contributed by atoms with Crippen LogP contribution in [0.1, 0.15) is 39.5 Å². The third kappa shape index (κ3) is 3.70. The van der Waals surface area contributed by atoms with Gasteiger partial charge >= 0.3 is 5.97 Å². The fourth-order valence-electron chi connectivity index (χ4n) is 2.37. The van der Waals surface area contributed by atoms with Crippen LogP contribution in [0.2, 0.25) is 0 Å². The Morgan fingerprint density at radius 1 is 1.28 bits per heavy atom. The molecular formula is C13H24N2O3. The van der Waals surface area contributed by atoms with Gasteiger partial charge in [-0.3, -0.25) is 4.79 Å². The molecule has 18 heavy (non-hydrogen) atoms. The molecule has 0 saturated heterocycles. The van der Waals surface area contributed by atoms with Crippen LogP contribution in [-0.2, 0) is 14.3 Å². The van der Waals surface area contributed by atoms with Crippen molar-refractivity contribution in [2.24, 2.45) is 17.6 Å². The molecule has 1 rings (SSSR count). The van der Waals surface area contributed by atoms with Crippen molar-refractivity contribution in [2.75, 3.05) is 7.11 Å². The number of rotatable bonds is 4. The van der Waals surface area contributed by atoms with Gasteiger partial charge in [-0.15, -0.1) is 0 Å². The SMILES string of the molecule is COC(=O)C(NC(=O)C1CCCCC1N)C(C)C. The highest BCUT2D eigenvalue weighted by Gasteiger charge is 2.32. The van der Waals surface area contributed by atoms with Crippen LogP contribution in [0.15, 0.2) is 0 Å². The van der Waals surface area contributed by atoms with Gasteiger partial charge in [-0.1, -0.05) is 26.7 Å². The van der Waals surface area contributed by atoms with Gasteiger partial charge in [0.1, 0.15) is 6.04 Å². The molecule has 1 aliphatic rings. The highest BCUT2D eigenvalue weighted by atomic mass is 16.5. The molecule has 104 valence electrons. The lowest BCUT2D eigenvalue weighted by atomic mass is 9.84. The zero-order valence-electron chi connectivity index (χ0n) is 11.4. The summed E-state index contributed by atoms with van der Waals surface area (Å²) >= 11 is 0. The summed E-state index contributed by atoms with van der Waals surface area (Å²) in [6.45, 7) is 3.76. The Morgan fingerprint density at radius 2 is 1.89 bits per heavy atom. The minimum Gasteiger partial charge on any atom is -0.467 e. The molecule has 0 aromatic heterocycles. The number of nitrogens with two attached hydrogens (primary N) is 1. The van der Waals surface area contributed by atoms with E-state index in [0.717, 1.165) is 25.7 Å². The van der Waals surface area contributed by atoms with Gasteiger partial charge in [-0.25, -0.2) is 4.79 Å². The first-order valence-corrected chi connectivity index (χ1v) is 6.61. The molecule has 0 aliphatic heterocycles. The molecule has 5 heteroatoms. The second-order valence-electron chi connectivity index (χ2n) is 5.31. The lowest BCUT2D eigenvalue weighted by molar-refractivity contribution is -0.147. The minimum absolute atomic E-state index is 0.00113. The summed E-state index contributed by atoms with van der Waals surface area (Å²) in [4.78, 5) is 23.7. The Morgan fingerprint density at radius 3 is 2.39 bits per heavy atom. The molecule has 1 fully saturated rings. The monoisotopic (exact) mass is 256 g/mol. The number of hydrogen-bond acceptors (Lipinski definition) is 4. The van der Waals surface area contributed by atoms with Gasteiger partial charge in [-0.05, 0) is 18.8 Å². The first kappa shape index (κ1) is 15.0. The van der Waals surface area contributed by atoms with Crippen LogP contribution in [0.4, 0.5) is 0 Å². The Kier molecular flexibility index (Phi) is 5.59. The predicted molar refractivity (Wildman–Crippen MR) is 68.7 cm³/mol. The van der Waals surface area contributed by atoms with E-state index >= 15 is 0 Å². The highest BCUT2D eigenvalue weighted by Crippen LogP contribution is 2.23. The molecule has 0 radical (unpaired) electrons. The van der Waals surface area contributed by atoms with Crippen molar-refractivity contribution in [3.8, 4) is 0 Å². The smallest absolute Gasteiger partial charge is 0.328 e. The van der Waals surface area contributed by atoms with Crippen LogP contribution < -0.4 is 11.1 Å². The fourth-order valence-corrected chi connectivity index (χ4v) is 2.37. The van der Waals surface area contributed by atoms with Crippen LogP contribution in [0.3, 0.4) is 0 Å². The van der Waals surface area contributed by atoms with Gasteiger partial charge in [-0.2, -0.15) is 0 Å². The minimum atomic E-state index is -0.586. The van der Waals surface area contributed by atoms with E-state index in [4.69, 9.17) is 10.5 Å². The lowest BCUT2D eigenvalue weighted by Gasteiger charge is -2.29. The second kappa shape index (κ2) is 6.73. The summed E-state index contributed by atoms with van der Waals surface area (Å²) in [6.07, 6.45) is 3.79. The quantitative estimate of drug-likeness (QED) is 0.730. The Hall–Kier alpha value is -1.10. The molecule has 0 aromatic rings. The molecule has 0 aromatic carbocycles. The molecule has 3 N–H and O–H groups in total. The predicted octanol–water partition coefficient (Wildman–Crippen LogP) is 0.818. The molecular weight excluding hydrogens is 232 g/mol. The van der Waals surface area contributed by atoms with Crippen molar-refractivity contribution >= 4 is 11.9 Å². The summed E-state index contributed by atoms with van der Waals surface area (Å²) in [5, 5.41) is 2.77. The third-order valence-electron chi connectivity index (χ3n) is 3.58. The zero-order chi connectivity index (χ0) is 13.7. The average molecular weight is 256 g/mol. The summed E-state index contributed by atoms with van der Waals surface area (Å²) in [6, 6.07) is -0.680. The Balaban J connectivity index is 2.63. The van der Waals surface area contributed by atoms with E-state index in [1.165, 1.54) is 7.11 Å². The summed E-state index contributed by atoms with van der Waals surface area (Å²) in [7, 11) is 1.33. The van der Waals surface area contributed by atoms with Crippen LogP contribution in [0.25, 0.3) is 0 Å². The Bertz CT molecular complexity index is 305. The van der Waals surface area contributed by atoms with Crippen molar-refractivity contribution in [3.05, 3.63) is 0 Å². The summed E-state index contributed by atoms with van der Waals surface area (Å²) in [5.74, 6) is -0.695. The van der Waals surface area contributed by atoms with E-state index in [9.17, 15) is 9.59 Å². The maximum atomic E-state index is 12.1. The Labute approximate surface area is 108 Å². The highest BCUT2D eigenvalue weighted by molar-refractivity contribution is 5.86. The first-order valence-electron chi connectivity index (χ1n) is 6.61. The molecule has 1 saturated carbocycles. The van der Waals surface area contributed by atoms with Crippen molar-refractivity contribution < 1.29 is 14.3 Å². The second-order valence-corrected chi connectivity index (χ2v) is 5.31. The summed E-state index contributed by atoms with van der Waals surface area (Å²) < 4.78 is 4.70. The number of amides is 1. The molecule has 0 heterocycles. The van der Waals surface area contributed by atoms with Gasteiger partial charge in [0.05, 0.1) is 13.0 Å². The number of methoxy groups -OCH3 is 1. The molecule has 0 spiro atoms. The fraction of sp³-hybridized carbons (Fsp3) is 0.846. The van der Waals surface area contributed by atoms with Crippen LogP contribution >= 0.6 is 0 Å². The average Bonchev–Trinajstić information content (AvgIpc) is 2.35. The number of esters is 1. The van der Waals surface area contributed by atoms with Crippen molar-refractivity contribution in [3.63, 3.8) is 0 Å². The molecule has 3 unspecified atom stereocenters. The maximum Gasteiger partial charge on any atom is 0.328 e. The van der Waals surface area contributed by atoms with E-state index < -0.39 is 12.0 Å². The molecule has 3 atom stereocenters. The van der Waals surface area contributed by atoms with Crippen LogP contribution in [-0.4, -0.2) is 31.1 Å². The standard InChI is InChI=1S/C13H24N2O3/c1-8(2)11(13(17)18-3)15-12(16)9-6-4-5-7-10(9)14/h8-11H,4-7,14H2,1-3H3,(H,15,16). The molecule has 1 amide bonds. The topological polar surface area (TPSA) is 81.4 Å². The van der Waals surface area contributed by atoms with Gasteiger partial charge < -0.3 is 15.8 Å². The van der Waals surface area contributed by atoms with Crippen molar-refractivity contribution in [1.82, 2.24) is 5.32 Å². The maximum absolute atomic E-state index is 12.1. The van der Waals surface area contributed by atoms with Crippen LogP contribution in [0.5, 0.6) is 0 Å². The largest absolute Gasteiger partial charge is 0.467 e. The number of carbonyl (C=O) groups excluding carboxylic acids is 2. The zero-order valence-corrected chi connectivity index (χ0v) is 11.4. The van der Waals surface area contributed by atoms with Gasteiger partial charge in [0.15, 0.2) is 0 Å². The van der Waals surface area contributed by atoms with Gasteiger partial charge in [0, 0.05) is 6.04 Å². The van der Waals surface area contributed by atoms with E-state index in [1.54, 1.807) is 0 Å². The van der Waals surface area contributed by atoms with Crippen molar-refractivity contribution in [1.29, 1.82) is 0 Å². The van der Waals surface area contributed by atoms with Crippen LogP contribution in [0, 0.1) is 11.8 Å². The molecule has 1 aliphatic carbocycles. The van der Waals surface area contributed by atoms with Gasteiger partial charge in [0.2, 0.25) is 5.91 Å². The van der Waals surface area contributed by atoms with E-state index in [0.29, 0.717) is 0 Å². The molecule has 5 nitrogen and oxygen atoms in total. The lowest BCUT2D eigenvalue weighted by Crippen LogP contribution is -2.51. The van der Waals surface area contributed by atoms with Crippen molar-refractivity contribution in [2.45, 2.75) is 51.6 Å². The molecule has 0 bridgehead atoms.